The van der Waals surface area contributed by atoms with Gasteiger partial charge in [-0.1, -0.05) is 65.5 Å². The number of rotatable bonds is 69. The second-order valence-electron chi connectivity index (χ2n) is 26.4. The molecule has 0 spiro atoms. The summed E-state index contributed by atoms with van der Waals surface area (Å²) < 4.78 is 111. The summed E-state index contributed by atoms with van der Waals surface area (Å²) in [5.41, 5.74) is 2.28. The minimum atomic E-state index is -1.00. The van der Waals surface area contributed by atoms with Crippen LogP contribution >= 0.6 is 0 Å². The molecule has 0 aliphatic heterocycles. The van der Waals surface area contributed by atoms with Gasteiger partial charge in [-0.05, 0) is 91.3 Å². The van der Waals surface area contributed by atoms with E-state index >= 15 is 0 Å². The van der Waals surface area contributed by atoms with Gasteiger partial charge >= 0.3 is 12.1 Å². The number of nitrogens with one attached hydrogen (secondary N) is 2. The minimum Gasteiger partial charge on any atom is -0.481 e. The second kappa shape index (κ2) is 58.6. The molecule has 3 fully saturated rings. The molecule has 3 saturated carbocycles. The van der Waals surface area contributed by atoms with E-state index in [0.29, 0.717) is 270 Å². The maximum atomic E-state index is 12.8. The molecule has 2 amide bonds. The average Bonchev–Trinajstić information content (AvgIpc) is 1.38. The van der Waals surface area contributed by atoms with E-state index in [1.54, 1.807) is 5.57 Å². The van der Waals surface area contributed by atoms with Crippen LogP contribution in [0, 0.1) is 46.3 Å². The van der Waals surface area contributed by atoms with E-state index in [4.69, 9.17) is 99.8 Å². The molecule has 0 aromatic rings. The predicted octanol–water partition coefficient (Wildman–Crippen LogP) is 7.42. The van der Waals surface area contributed by atoms with Crippen molar-refractivity contribution in [1.82, 2.24) is 10.6 Å². The molecule has 4 rings (SSSR count). The van der Waals surface area contributed by atoms with Crippen molar-refractivity contribution in [3.05, 3.63) is 11.6 Å². The molecule has 98 heavy (non-hydrogen) atoms. The third kappa shape index (κ3) is 41.5. The van der Waals surface area contributed by atoms with Crippen LogP contribution in [0.3, 0.4) is 0 Å². The van der Waals surface area contributed by atoms with Crippen molar-refractivity contribution in [2.75, 3.05) is 264 Å². The quantitative estimate of drug-likeness (QED) is 0.0394. The Hall–Kier alpha value is -2.81. The summed E-state index contributed by atoms with van der Waals surface area (Å²) in [6.07, 6.45) is 15.7. The van der Waals surface area contributed by atoms with Gasteiger partial charge in [-0.2, -0.15) is 0 Å². The molecule has 0 heterocycles. The smallest absolute Gasteiger partial charge is 0.407 e. The van der Waals surface area contributed by atoms with Gasteiger partial charge in [0.05, 0.1) is 257 Å². The largest absolute Gasteiger partial charge is 0.481 e. The van der Waals surface area contributed by atoms with Crippen LogP contribution in [0.15, 0.2) is 11.6 Å². The van der Waals surface area contributed by atoms with E-state index in [1.165, 1.54) is 51.4 Å². The fourth-order valence-corrected chi connectivity index (χ4v) is 13.8. The highest BCUT2D eigenvalue weighted by molar-refractivity contribution is 5.80. The fraction of sp³-hybridized carbons (Fsp3) is 0.931. The molecular formula is C72H132N2O24. The van der Waals surface area contributed by atoms with Crippen LogP contribution < -0.4 is 10.6 Å². The maximum Gasteiger partial charge on any atom is 0.407 e. The third-order valence-electron chi connectivity index (χ3n) is 18.9. The van der Waals surface area contributed by atoms with Crippen molar-refractivity contribution >= 4 is 18.0 Å². The number of ether oxygens (including phenoxy) is 20. The number of carboxylic acid groups (broad SMARTS) is 1. The van der Waals surface area contributed by atoms with E-state index in [1.807, 2.05) is 0 Å². The Labute approximate surface area is 587 Å². The number of carbonyl (C=O) groups is 3. The number of amides is 2. The van der Waals surface area contributed by atoms with E-state index in [2.05, 4.69) is 51.3 Å². The third-order valence-corrected chi connectivity index (χ3v) is 18.9. The minimum absolute atomic E-state index is 0.0422. The van der Waals surface area contributed by atoms with Crippen LogP contribution in [-0.2, 0) is 104 Å². The van der Waals surface area contributed by atoms with Gasteiger partial charge < -0.3 is 110 Å². The summed E-state index contributed by atoms with van der Waals surface area (Å²) in [4.78, 5) is 34.6. The standard InChI is InChI=1S/C72H132N2O24/c1-60(2)7-6-8-61(3)65-11-12-66-64-10-9-62-59-63(15-17-71(62,4)67(64)16-18-72(65,66)5)98-70(78)74-20-22-80-24-26-82-28-30-84-32-34-86-36-38-88-40-42-90-44-46-92-48-50-94-52-54-96-56-58-97-57-55-95-53-51-93-49-47-91-45-43-89-41-39-87-37-35-85-33-31-83-29-27-81-25-23-79-21-19-73-68(75)13-14-69(76)77/h9,60-61,63-67H,6-8,10-59H2,1-5H3,(H,73,75)(H,74,78)(H,76,77)/t61-,63+,64?,65-,66?,67?,71+,72-/m1/s1. The number of aliphatic carboxylic acids is 1. The topological polar surface area (TPSA) is 280 Å². The number of carboxylic acids is 1. The Bertz CT molecular complexity index is 1970. The molecule has 0 saturated heterocycles. The lowest BCUT2D eigenvalue weighted by Gasteiger charge is -2.58. The molecular weight excluding hydrogens is 1280 g/mol. The number of allylic oxidation sites excluding steroid dienone is 1. The SMILES string of the molecule is CC(C)CCC[C@@H](C)[C@H]1CCC2C3CC=C4C[C@@H](OC(=O)NCCOCCOCCOCCOCCOCCOCCOCCOCCOCCOCCOCCOCCOCCOCCOCCOCCOCCOCCOCCNC(=O)CCC(=O)O)CC[C@]4(C)C3CC[C@@]21C. The monoisotopic (exact) mass is 1410 g/mol. The average molecular weight is 1410 g/mol. The Morgan fingerprint density at radius 2 is 0.776 bits per heavy atom. The van der Waals surface area contributed by atoms with Gasteiger partial charge in [0, 0.05) is 25.9 Å². The molecule has 0 radical (unpaired) electrons. The van der Waals surface area contributed by atoms with Crippen LogP contribution in [0.25, 0.3) is 0 Å². The second-order valence-corrected chi connectivity index (χ2v) is 26.4. The molecule has 0 bridgehead atoms. The molecule has 3 N–H and O–H groups in total. The van der Waals surface area contributed by atoms with Crippen molar-refractivity contribution in [2.45, 2.75) is 124 Å². The van der Waals surface area contributed by atoms with E-state index in [-0.39, 0.29) is 36.4 Å². The Balaban J connectivity index is 0.744. The Morgan fingerprint density at radius 3 is 1.12 bits per heavy atom. The van der Waals surface area contributed by atoms with Crippen LogP contribution in [0.5, 0.6) is 0 Å². The van der Waals surface area contributed by atoms with Gasteiger partial charge in [0.15, 0.2) is 0 Å². The van der Waals surface area contributed by atoms with Crippen molar-refractivity contribution in [3.63, 3.8) is 0 Å². The van der Waals surface area contributed by atoms with Gasteiger partial charge in [0.2, 0.25) is 5.91 Å². The highest BCUT2D eigenvalue weighted by Crippen LogP contribution is 2.67. The van der Waals surface area contributed by atoms with Crippen LogP contribution in [-0.4, -0.2) is 293 Å². The van der Waals surface area contributed by atoms with Crippen molar-refractivity contribution < 1.29 is 114 Å². The van der Waals surface area contributed by atoms with E-state index < -0.39 is 5.97 Å². The molecule has 26 heteroatoms. The van der Waals surface area contributed by atoms with Gasteiger partial charge in [0.1, 0.15) is 6.10 Å². The van der Waals surface area contributed by atoms with Gasteiger partial charge in [-0.25, -0.2) is 4.79 Å². The molecule has 0 aromatic heterocycles. The van der Waals surface area contributed by atoms with Crippen LogP contribution in [0.4, 0.5) is 4.79 Å². The first kappa shape index (κ1) is 87.6. The number of hydrogen-bond acceptors (Lipinski definition) is 23. The number of fused-ring (bicyclic) bond motifs is 5. The first-order valence-electron chi connectivity index (χ1n) is 37.0. The maximum absolute atomic E-state index is 12.8. The first-order valence-corrected chi connectivity index (χ1v) is 37.0. The van der Waals surface area contributed by atoms with Gasteiger partial charge in [-0.15, -0.1) is 0 Å². The summed E-state index contributed by atoms with van der Waals surface area (Å²) >= 11 is 0. The molecule has 4 aliphatic rings. The van der Waals surface area contributed by atoms with Crippen LogP contribution in [0.2, 0.25) is 0 Å². The van der Waals surface area contributed by atoms with Crippen molar-refractivity contribution in [2.24, 2.45) is 46.3 Å². The Morgan fingerprint density at radius 1 is 0.429 bits per heavy atom. The van der Waals surface area contributed by atoms with Gasteiger partial charge in [-0.3, -0.25) is 9.59 Å². The molecule has 4 aliphatic carbocycles. The van der Waals surface area contributed by atoms with Crippen LogP contribution in [0.1, 0.15) is 118 Å². The predicted molar refractivity (Wildman–Crippen MR) is 367 cm³/mol. The highest BCUT2D eigenvalue weighted by atomic mass is 16.6. The summed E-state index contributed by atoms with van der Waals surface area (Å²) in [5.74, 6) is 3.61. The molecule has 3 unspecified atom stereocenters. The number of carbonyl (C=O) groups excluding carboxylic acids is 2. The van der Waals surface area contributed by atoms with E-state index in [9.17, 15) is 14.4 Å². The lowest BCUT2D eigenvalue weighted by molar-refractivity contribution is -0.138. The number of hydrogen-bond donors (Lipinski definition) is 3. The number of alkyl carbamates (subject to hydrolysis) is 1. The molecule has 574 valence electrons. The normalized spacial score (nSPS) is 21.6. The zero-order valence-corrected chi connectivity index (χ0v) is 60.9. The van der Waals surface area contributed by atoms with Crippen molar-refractivity contribution in [1.29, 1.82) is 0 Å². The fourth-order valence-electron chi connectivity index (χ4n) is 13.8. The summed E-state index contributed by atoms with van der Waals surface area (Å²) in [7, 11) is 0. The first-order chi connectivity index (χ1) is 47.9. The summed E-state index contributed by atoms with van der Waals surface area (Å²) in [6, 6.07) is 0. The lowest BCUT2D eigenvalue weighted by Crippen LogP contribution is -2.51. The molecule has 8 atom stereocenters. The summed E-state index contributed by atoms with van der Waals surface area (Å²) in [5, 5.41) is 14.0. The zero-order chi connectivity index (χ0) is 70.1. The molecule has 0 aromatic carbocycles. The Kier molecular flexibility index (Phi) is 52.3. The van der Waals surface area contributed by atoms with E-state index in [0.717, 1.165) is 54.8 Å². The highest BCUT2D eigenvalue weighted by Gasteiger charge is 2.59. The molecule has 26 nitrogen and oxygen atoms in total. The zero-order valence-electron chi connectivity index (χ0n) is 60.9. The summed E-state index contributed by atoms with van der Waals surface area (Å²) in [6.45, 7) is 30.7. The van der Waals surface area contributed by atoms with Crippen molar-refractivity contribution in [3.8, 4) is 0 Å². The lowest BCUT2D eigenvalue weighted by atomic mass is 9.47. The van der Waals surface area contributed by atoms with Gasteiger partial charge in [0.25, 0.3) is 0 Å².